The molecule has 0 aliphatic carbocycles. The molecule has 5 heteroatoms. The van der Waals surface area contributed by atoms with Gasteiger partial charge in [-0.05, 0) is 31.2 Å². The average Bonchev–Trinajstić information content (AvgIpc) is 3.00. The Morgan fingerprint density at radius 3 is 2.54 bits per heavy atom. The quantitative estimate of drug-likeness (QED) is 0.459. The molecule has 1 amide bonds. The number of aliphatic hydroxyl groups excluding tert-OH is 1. The second-order valence-electron chi connectivity index (χ2n) is 7.12. The third kappa shape index (κ3) is 6.54. The van der Waals surface area contributed by atoms with Crippen LogP contribution >= 0.6 is 0 Å². The Kier molecular flexibility index (Phi) is 8.78. The molecule has 1 aromatic rings. The van der Waals surface area contributed by atoms with Crippen LogP contribution in [0.3, 0.4) is 0 Å². The Morgan fingerprint density at radius 1 is 1.12 bits per heavy atom. The van der Waals surface area contributed by atoms with E-state index in [1.807, 2.05) is 29.3 Å². The minimum absolute atomic E-state index is 0.179. The Morgan fingerprint density at radius 2 is 1.85 bits per heavy atom. The van der Waals surface area contributed by atoms with Crippen molar-refractivity contribution in [2.45, 2.75) is 64.4 Å². The summed E-state index contributed by atoms with van der Waals surface area (Å²) in [6.45, 7) is 4.43. The number of benzene rings is 1. The highest BCUT2D eigenvalue weighted by Crippen LogP contribution is 2.16. The Bertz CT molecular complexity index is 559. The number of aldehydes is 1. The predicted molar refractivity (Wildman–Crippen MR) is 103 cm³/mol. The molecule has 1 aliphatic rings. The number of aliphatic hydroxyl groups is 1. The molecule has 1 fully saturated rings. The van der Waals surface area contributed by atoms with Crippen molar-refractivity contribution in [1.29, 1.82) is 0 Å². The first-order valence-corrected chi connectivity index (χ1v) is 9.91. The van der Waals surface area contributed by atoms with Crippen molar-refractivity contribution in [3.63, 3.8) is 0 Å². The topological polar surface area (TPSA) is 60.9 Å². The van der Waals surface area contributed by atoms with Gasteiger partial charge in [0.25, 0.3) is 0 Å². The maximum absolute atomic E-state index is 12.2. The number of hydrogen-bond acceptors (Lipinski definition) is 4. The highest BCUT2D eigenvalue weighted by Gasteiger charge is 2.28. The lowest BCUT2D eigenvalue weighted by Gasteiger charge is -2.28. The highest BCUT2D eigenvalue weighted by atomic mass is 16.3. The lowest BCUT2D eigenvalue weighted by atomic mass is 10.1. The number of amides is 1. The summed E-state index contributed by atoms with van der Waals surface area (Å²) in [6, 6.07) is 7.51. The lowest BCUT2D eigenvalue weighted by molar-refractivity contribution is -0.138. The number of rotatable bonds is 12. The number of carbonyl (C=O) groups excluding carboxylic acids is 2. The minimum Gasteiger partial charge on any atom is -0.393 e. The van der Waals surface area contributed by atoms with Gasteiger partial charge in [-0.15, -0.1) is 0 Å². The van der Waals surface area contributed by atoms with Crippen molar-refractivity contribution < 1.29 is 14.7 Å². The fourth-order valence-corrected chi connectivity index (χ4v) is 3.41. The van der Waals surface area contributed by atoms with Gasteiger partial charge in [-0.25, -0.2) is 5.01 Å². The summed E-state index contributed by atoms with van der Waals surface area (Å²) in [5.41, 5.74) is 1.80. The average molecular weight is 360 g/mol. The predicted octanol–water partition coefficient (Wildman–Crippen LogP) is 3.21. The molecule has 1 heterocycles. The fourth-order valence-electron chi connectivity index (χ4n) is 3.41. The summed E-state index contributed by atoms with van der Waals surface area (Å²) in [4.78, 5) is 22.9. The van der Waals surface area contributed by atoms with Crippen molar-refractivity contribution in [2.75, 3.05) is 19.6 Å². The molecule has 1 aliphatic heterocycles. The van der Waals surface area contributed by atoms with Gasteiger partial charge in [-0.2, -0.15) is 0 Å². The van der Waals surface area contributed by atoms with Gasteiger partial charge in [0.1, 0.15) is 6.29 Å². The van der Waals surface area contributed by atoms with E-state index in [0.717, 1.165) is 57.0 Å². The van der Waals surface area contributed by atoms with E-state index in [1.54, 1.807) is 0 Å². The molecule has 0 bridgehead atoms. The van der Waals surface area contributed by atoms with Gasteiger partial charge < -0.3 is 5.11 Å². The van der Waals surface area contributed by atoms with Gasteiger partial charge >= 0.3 is 0 Å². The summed E-state index contributed by atoms with van der Waals surface area (Å²) in [5.74, 6) is 0.179. The third-order valence-corrected chi connectivity index (χ3v) is 5.04. The number of carbonyl (C=O) groups is 2. The molecular weight excluding hydrogens is 328 g/mol. The van der Waals surface area contributed by atoms with E-state index in [2.05, 4.69) is 11.9 Å². The van der Waals surface area contributed by atoms with Crippen LogP contribution in [0.15, 0.2) is 24.3 Å². The van der Waals surface area contributed by atoms with Crippen LogP contribution in [0.25, 0.3) is 0 Å². The monoisotopic (exact) mass is 360 g/mol. The van der Waals surface area contributed by atoms with E-state index in [0.29, 0.717) is 18.5 Å². The molecule has 1 N–H and O–H groups in total. The molecule has 0 aromatic heterocycles. The van der Waals surface area contributed by atoms with Crippen LogP contribution in [0.5, 0.6) is 0 Å². The molecule has 0 unspecified atom stereocenters. The Labute approximate surface area is 157 Å². The van der Waals surface area contributed by atoms with Crippen LogP contribution in [-0.2, 0) is 11.2 Å². The van der Waals surface area contributed by atoms with Crippen molar-refractivity contribution in [1.82, 2.24) is 10.0 Å². The van der Waals surface area contributed by atoms with E-state index in [-0.39, 0.29) is 12.0 Å². The SMILES string of the molecule is CCCCC[C@H](O)CCCN1CCC(=O)N1CCc1ccc(C=O)cc1. The third-order valence-electron chi connectivity index (χ3n) is 5.04. The zero-order valence-corrected chi connectivity index (χ0v) is 15.9. The smallest absolute Gasteiger partial charge is 0.238 e. The first-order valence-electron chi connectivity index (χ1n) is 9.91. The Hall–Kier alpha value is -1.72. The number of hydrogen-bond donors (Lipinski definition) is 1. The maximum Gasteiger partial charge on any atom is 0.238 e. The fraction of sp³-hybridized carbons (Fsp3) is 0.619. The molecule has 1 aromatic carbocycles. The molecule has 1 saturated heterocycles. The van der Waals surface area contributed by atoms with Crippen LogP contribution < -0.4 is 0 Å². The molecule has 0 radical (unpaired) electrons. The van der Waals surface area contributed by atoms with E-state index in [4.69, 9.17) is 0 Å². The zero-order chi connectivity index (χ0) is 18.8. The summed E-state index contributed by atoms with van der Waals surface area (Å²) in [5, 5.41) is 14.0. The van der Waals surface area contributed by atoms with Crippen LogP contribution in [0.4, 0.5) is 0 Å². The normalized spacial score (nSPS) is 16.2. The molecule has 26 heavy (non-hydrogen) atoms. The summed E-state index contributed by atoms with van der Waals surface area (Å²) in [7, 11) is 0. The lowest BCUT2D eigenvalue weighted by Crippen LogP contribution is -2.41. The van der Waals surface area contributed by atoms with Crippen molar-refractivity contribution in [3.8, 4) is 0 Å². The van der Waals surface area contributed by atoms with Crippen LogP contribution in [0.1, 0.15) is 67.8 Å². The van der Waals surface area contributed by atoms with E-state index < -0.39 is 0 Å². The second-order valence-corrected chi connectivity index (χ2v) is 7.12. The van der Waals surface area contributed by atoms with Crippen molar-refractivity contribution in [2.24, 2.45) is 0 Å². The standard InChI is InChI=1S/C21H32N2O3/c1-2-3-4-6-20(25)7-5-14-22-15-13-21(26)23(22)16-12-18-8-10-19(17-24)11-9-18/h8-11,17,20,25H,2-7,12-16H2,1H3/t20-/m0/s1. The van der Waals surface area contributed by atoms with Gasteiger partial charge in [0.2, 0.25) is 5.91 Å². The first kappa shape index (κ1) is 20.6. The van der Waals surface area contributed by atoms with E-state index in [9.17, 15) is 14.7 Å². The number of hydrazine groups is 1. The van der Waals surface area contributed by atoms with Crippen molar-refractivity contribution in [3.05, 3.63) is 35.4 Å². The van der Waals surface area contributed by atoms with Crippen LogP contribution in [0.2, 0.25) is 0 Å². The molecule has 0 spiro atoms. The van der Waals surface area contributed by atoms with E-state index >= 15 is 0 Å². The van der Waals surface area contributed by atoms with Gasteiger partial charge in [0, 0.05) is 31.6 Å². The Balaban J connectivity index is 1.73. The number of nitrogens with zero attached hydrogens (tertiary/aromatic N) is 2. The van der Waals surface area contributed by atoms with E-state index in [1.165, 1.54) is 12.8 Å². The first-order chi connectivity index (χ1) is 12.6. The minimum atomic E-state index is -0.218. The molecule has 144 valence electrons. The maximum atomic E-state index is 12.2. The zero-order valence-electron chi connectivity index (χ0n) is 15.9. The summed E-state index contributed by atoms with van der Waals surface area (Å²) < 4.78 is 0. The molecule has 0 saturated carbocycles. The van der Waals surface area contributed by atoms with Crippen LogP contribution in [-0.4, -0.2) is 53.1 Å². The van der Waals surface area contributed by atoms with Crippen molar-refractivity contribution >= 4 is 12.2 Å². The van der Waals surface area contributed by atoms with Crippen LogP contribution in [0, 0.1) is 0 Å². The van der Waals surface area contributed by atoms with Gasteiger partial charge in [0.15, 0.2) is 0 Å². The largest absolute Gasteiger partial charge is 0.393 e. The summed E-state index contributed by atoms with van der Waals surface area (Å²) in [6.07, 6.45) is 8.01. The highest BCUT2D eigenvalue weighted by molar-refractivity contribution is 5.77. The molecule has 2 rings (SSSR count). The van der Waals surface area contributed by atoms with Gasteiger partial charge in [-0.1, -0.05) is 50.5 Å². The second kappa shape index (κ2) is 11.1. The molecule has 1 atom stereocenters. The molecular formula is C21H32N2O3. The summed E-state index contributed by atoms with van der Waals surface area (Å²) >= 11 is 0. The van der Waals surface area contributed by atoms with Gasteiger partial charge in [-0.3, -0.25) is 14.6 Å². The number of unbranched alkanes of at least 4 members (excludes halogenated alkanes) is 2. The molecule has 5 nitrogen and oxygen atoms in total. The van der Waals surface area contributed by atoms with Gasteiger partial charge in [0.05, 0.1) is 6.10 Å².